The van der Waals surface area contributed by atoms with E-state index in [-0.39, 0.29) is 6.61 Å². The van der Waals surface area contributed by atoms with Gasteiger partial charge in [0.25, 0.3) is 0 Å². The molecule has 1 aromatic rings. The Balaban J connectivity index is 2.09. The molecule has 4 nitrogen and oxygen atoms in total. The van der Waals surface area contributed by atoms with Gasteiger partial charge in [0.2, 0.25) is 0 Å². The molecule has 1 aliphatic rings. The lowest BCUT2D eigenvalue weighted by atomic mass is 10.1. The maximum Gasteiger partial charge on any atom is 0.124 e. The summed E-state index contributed by atoms with van der Waals surface area (Å²) in [5, 5.41) is 12.6. The van der Waals surface area contributed by atoms with Crippen molar-refractivity contribution in [1.82, 2.24) is 0 Å². The van der Waals surface area contributed by atoms with E-state index in [0.717, 1.165) is 36.6 Å². The molecule has 1 unspecified atom stereocenters. The lowest BCUT2D eigenvalue weighted by Gasteiger charge is -2.14. The van der Waals surface area contributed by atoms with Gasteiger partial charge in [0.05, 0.1) is 26.4 Å². The fourth-order valence-corrected chi connectivity index (χ4v) is 1.88. The number of nitrogens with one attached hydrogen (secondary N) is 1. The summed E-state index contributed by atoms with van der Waals surface area (Å²) in [5.74, 6) is 0.718. The van der Waals surface area contributed by atoms with Crippen LogP contribution in [0.1, 0.15) is 12.0 Å². The van der Waals surface area contributed by atoms with Crippen molar-refractivity contribution in [2.45, 2.75) is 19.1 Å². The number of methoxy groups -OCH3 is 1. The van der Waals surface area contributed by atoms with E-state index in [2.05, 4.69) is 5.32 Å². The molecule has 88 valence electrons. The lowest BCUT2D eigenvalue weighted by molar-refractivity contribution is 0.195. The third-order valence-corrected chi connectivity index (χ3v) is 2.75. The Morgan fingerprint density at radius 2 is 2.44 bits per heavy atom. The molecule has 1 fully saturated rings. The summed E-state index contributed by atoms with van der Waals surface area (Å²) in [4.78, 5) is 0. The smallest absolute Gasteiger partial charge is 0.124 e. The minimum Gasteiger partial charge on any atom is -0.496 e. The number of aliphatic hydroxyl groups excluding tert-OH is 1. The van der Waals surface area contributed by atoms with Gasteiger partial charge in [0, 0.05) is 17.9 Å². The molecule has 4 heteroatoms. The minimum absolute atomic E-state index is 0.0140. The Bertz CT molecular complexity index is 348. The molecule has 1 saturated heterocycles. The second kappa shape index (κ2) is 5.18. The maximum atomic E-state index is 9.20. The molecule has 0 aliphatic carbocycles. The molecule has 16 heavy (non-hydrogen) atoms. The van der Waals surface area contributed by atoms with Crippen molar-refractivity contribution in [2.75, 3.05) is 25.6 Å². The predicted octanol–water partition coefficient (Wildman–Crippen LogP) is 1.39. The van der Waals surface area contributed by atoms with Gasteiger partial charge in [-0.15, -0.1) is 0 Å². The molecule has 1 aliphatic heterocycles. The average Bonchev–Trinajstić information content (AvgIpc) is 2.81. The summed E-state index contributed by atoms with van der Waals surface area (Å²) in [7, 11) is 1.60. The van der Waals surface area contributed by atoms with Gasteiger partial charge in [-0.3, -0.25) is 0 Å². The zero-order valence-electron chi connectivity index (χ0n) is 9.40. The fraction of sp³-hybridized carbons (Fsp3) is 0.500. The fourth-order valence-electron chi connectivity index (χ4n) is 1.88. The van der Waals surface area contributed by atoms with Crippen molar-refractivity contribution in [3.63, 3.8) is 0 Å². The van der Waals surface area contributed by atoms with Gasteiger partial charge in [-0.1, -0.05) is 0 Å². The van der Waals surface area contributed by atoms with E-state index in [0.29, 0.717) is 6.04 Å². The van der Waals surface area contributed by atoms with Crippen LogP contribution in [0.2, 0.25) is 0 Å². The summed E-state index contributed by atoms with van der Waals surface area (Å²) < 4.78 is 10.4. The minimum atomic E-state index is -0.0140. The predicted molar refractivity (Wildman–Crippen MR) is 61.8 cm³/mol. The summed E-state index contributed by atoms with van der Waals surface area (Å²) in [6.07, 6.45) is 1.03. The second-order valence-corrected chi connectivity index (χ2v) is 3.89. The highest BCUT2D eigenvalue weighted by Gasteiger charge is 2.15. The van der Waals surface area contributed by atoms with E-state index >= 15 is 0 Å². The first-order chi connectivity index (χ1) is 7.83. The number of anilines is 1. The zero-order chi connectivity index (χ0) is 11.4. The Labute approximate surface area is 95.2 Å². The van der Waals surface area contributed by atoms with Crippen LogP contribution in [0.3, 0.4) is 0 Å². The van der Waals surface area contributed by atoms with Crippen molar-refractivity contribution in [1.29, 1.82) is 0 Å². The molecule has 0 spiro atoms. The van der Waals surface area contributed by atoms with Gasteiger partial charge in [-0.2, -0.15) is 0 Å². The van der Waals surface area contributed by atoms with E-state index in [9.17, 15) is 5.11 Å². The Kier molecular flexibility index (Phi) is 3.64. The van der Waals surface area contributed by atoms with E-state index in [1.807, 2.05) is 18.2 Å². The largest absolute Gasteiger partial charge is 0.496 e. The highest BCUT2D eigenvalue weighted by atomic mass is 16.5. The molecule has 0 saturated carbocycles. The Morgan fingerprint density at radius 3 is 3.06 bits per heavy atom. The molecule has 0 aromatic heterocycles. The van der Waals surface area contributed by atoms with Gasteiger partial charge in [-0.25, -0.2) is 0 Å². The molecular weight excluding hydrogens is 206 g/mol. The second-order valence-electron chi connectivity index (χ2n) is 3.89. The highest BCUT2D eigenvalue weighted by molar-refractivity contribution is 5.51. The zero-order valence-corrected chi connectivity index (χ0v) is 9.40. The lowest BCUT2D eigenvalue weighted by Crippen LogP contribution is -2.18. The van der Waals surface area contributed by atoms with Crippen LogP contribution in [0, 0.1) is 0 Å². The number of aliphatic hydroxyl groups is 1. The van der Waals surface area contributed by atoms with Crippen LogP contribution >= 0.6 is 0 Å². The number of rotatable bonds is 4. The van der Waals surface area contributed by atoms with Crippen LogP contribution in [0.5, 0.6) is 5.75 Å². The first kappa shape index (κ1) is 11.2. The molecule has 0 bridgehead atoms. The van der Waals surface area contributed by atoms with Crippen LogP contribution < -0.4 is 10.1 Å². The Morgan fingerprint density at radius 1 is 1.56 bits per heavy atom. The van der Waals surface area contributed by atoms with Gasteiger partial charge < -0.3 is 19.9 Å². The van der Waals surface area contributed by atoms with Crippen LogP contribution in [0.4, 0.5) is 5.69 Å². The molecule has 2 rings (SSSR count). The van der Waals surface area contributed by atoms with E-state index < -0.39 is 0 Å². The van der Waals surface area contributed by atoms with Crippen LogP contribution in [0.25, 0.3) is 0 Å². The van der Waals surface area contributed by atoms with Crippen molar-refractivity contribution in [3.8, 4) is 5.75 Å². The molecule has 2 N–H and O–H groups in total. The van der Waals surface area contributed by atoms with Crippen LogP contribution in [-0.4, -0.2) is 31.5 Å². The van der Waals surface area contributed by atoms with Crippen LogP contribution in [0.15, 0.2) is 18.2 Å². The molecular formula is C12H17NO3. The normalized spacial score (nSPS) is 19.8. The van der Waals surface area contributed by atoms with Gasteiger partial charge >= 0.3 is 0 Å². The summed E-state index contributed by atoms with van der Waals surface area (Å²) in [5.41, 5.74) is 1.80. The standard InChI is InChI=1S/C12H17NO3/c1-15-12-3-2-10(6-9(12)7-14)13-11-4-5-16-8-11/h2-3,6,11,13-14H,4-5,7-8H2,1H3. The molecule has 0 amide bonds. The first-order valence-electron chi connectivity index (χ1n) is 5.45. The van der Waals surface area contributed by atoms with Gasteiger partial charge in [-0.05, 0) is 24.6 Å². The number of hydrogen-bond acceptors (Lipinski definition) is 4. The summed E-state index contributed by atoms with van der Waals surface area (Å²) >= 11 is 0. The van der Waals surface area contributed by atoms with E-state index in [1.54, 1.807) is 7.11 Å². The summed E-state index contributed by atoms with van der Waals surface area (Å²) in [6.45, 7) is 1.56. The topological polar surface area (TPSA) is 50.7 Å². The average molecular weight is 223 g/mol. The molecule has 1 heterocycles. The quantitative estimate of drug-likeness (QED) is 0.810. The molecule has 1 aromatic carbocycles. The van der Waals surface area contributed by atoms with Crippen molar-refractivity contribution in [3.05, 3.63) is 23.8 Å². The monoisotopic (exact) mass is 223 g/mol. The maximum absolute atomic E-state index is 9.20. The number of benzene rings is 1. The first-order valence-corrected chi connectivity index (χ1v) is 5.45. The SMILES string of the molecule is COc1ccc(NC2CCOC2)cc1CO. The third kappa shape index (κ3) is 2.46. The van der Waals surface area contributed by atoms with Gasteiger partial charge in [0.1, 0.15) is 5.75 Å². The van der Waals surface area contributed by atoms with Crippen molar-refractivity contribution < 1.29 is 14.6 Å². The van der Waals surface area contributed by atoms with Crippen molar-refractivity contribution >= 4 is 5.69 Å². The number of ether oxygens (including phenoxy) is 2. The van der Waals surface area contributed by atoms with Crippen LogP contribution in [-0.2, 0) is 11.3 Å². The van der Waals surface area contributed by atoms with E-state index in [1.165, 1.54) is 0 Å². The van der Waals surface area contributed by atoms with Crippen molar-refractivity contribution in [2.24, 2.45) is 0 Å². The number of hydrogen-bond donors (Lipinski definition) is 2. The van der Waals surface area contributed by atoms with Gasteiger partial charge in [0.15, 0.2) is 0 Å². The van der Waals surface area contributed by atoms with E-state index in [4.69, 9.17) is 9.47 Å². The Hall–Kier alpha value is -1.26. The molecule has 1 atom stereocenters. The molecule has 0 radical (unpaired) electrons. The highest BCUT2D eigenvalue weighted by Crippen LogP contribution is 2.23. The third-order valence-electron chi connectivity index (χ3n) is 2.75. The summed E-state index contributed by atoms with van der Waals surface area (Å²) in [6, 6.07) is 6.11.